The predicted molar refractivity (Wildman–Crippen MR) is 100 cm³/mol. The molecule has 0 N–H and O–H groups in total. The van der Waals surface area contributed by atoms with Gasteiger partial charge in [0.2, 0.25) is 0 Å². The highest BCUT2D eigenvalue weighted by atomic mass is 16.7. The minimum absolute atomic E-state index is 0.0964. The van der Waals surface area contributed by atoms with Crippen molar-refractivity contribution in [1.82, 2.24) is 0 Å². The van der Waals surface area contributed by atoms with E-state index in [1.807, 2.05) is 6.07 Å². The summed E-state index contributed by atoms with van der Waals surface area (Å²) in [5.74, 6) is 1.53. The van der Waals surface area contributed by atoms with Crippen LogP contribution in [0.1, 0.15) is 49.5 Å². The summed E-state index contributed by atoms with van der Waals surface area (Å²) in [5.41, 5.74) is 1.15. The summed E-state index contributed by atoms with van der Waals surface area (Å²) in [6.45, 7) is 7.03. The minimum Gasteiger partial charge on any atom is -0.483 e. The van der Waals surface area contributed by atoms with Crippen LogP contribution in [0.4, 0.5) is 0 Å². The van der Waals surface area contributed by atoms with Gasteiger partial charge in [-0.05, 0) is 49.3 Å². The Kier molecular flexibility index (Phi) is 5.79. The molecule has 0 amide bonds. The van der Waals surface area contributed by atoms with Crippen LogP contribution in [0, 0.1) is 11.3 Å². The summed E-state index contributed by atoms with van der Waals surface area (Å²) < 4.78 is 28.4. The highest BCUT2D eigenvalue weighted by molar-refractivity contribution is 5.77. The Bertz CT molecular complexity index is 685. The smallest absolute Gasteiger partial charge is 0.188 e. The quantitative estimate of drug-likeness (QED) is 0.534. The first-order chi connectivity index (χ1) is 12.9. The Labute approximate surface area is 161 Å². The van der Waals surface area contributed by atoms with E-state index >= 15 is 0 Å². The molecule has 27 heavy (non-hydrogen) atoms. The van der Waals surface area contributed by atoms with Gasteiger partial charge in [-0.3, -0.25) is 4.79 Å². The maximum absolute atomic E-state index is 11.4. The summed E-state index contributed by atoms with van der Waals surface area (Å²) in [6, 6.07) is 3.62. The third kappa shape index (κ3) is 3.71. The lowest BCUT2D eigenvalue weighted by atomic mass is 9.57. The minimum atomic E-state index is -0.322. The summed E-state index contributed by atoms with van der Waals surface area (Å²) in [6.07, 6.45) is 3.52. The molecule has 3 rings (SSSR count). The Morgan fingerprint density at radius 1 is 1.19 bits per heavy atom. The van der Waals surface area contributed by atoms with E-state index in [0.29, 0.717) is 18.1 Å². The number of aldehydes is 1. The molecule has 0 unspecified atom stereocenters. The van der Waals surface area contributed by atoms with Crippen molar-refractivity contribution in [2.45, 2.75) is 51.7 Å². The molecule has 0 aromatic heterocycles. The molecule has 150 valence electrons. The molecule has 0 radical (unpaired) electrons. The Morgan fingerprint density at radius 2 is 1.93 bits per heavy atom. The fourth-order valence-electron chi connectivity index (χ4n) is 4.73. The maximum Gasteiger partial charge on any atom is 0.188 e. The number of methoxy groups -OCH3 is 2. The van der Waals surface area contributed by atoms with Gasteiger partial charge in [0.1, 0.15) is 18.7 Å². The maximum atomic E-state index is 11.4. The van der Waals surface area contributed by atoms with Crippen LogP contribution in [0.15, 0.2) is 12.1 Å². The number of carbonyl (C=O) groups excluding carboxylic acids is 1. The fourth-order valence-corrected chi connectivity index (χ4v) is 4.73. The molecule has 1 fully saturated rings. The van der Waals surface area contributed by atoms with Gasteiger partial charge in [-0.1, -0.05) is 13.8 Å². The Balaban J connectivity index is 1.97. The van der Waals surface area contributed by atoms with E-state index in [1.54, 1.807) is 20.3 Å². The van der Waals surface area contributed by atoms with E-state index < -0.39 is 0 Å². The van der Waals surface area contributed by atoms with Crippen molar-refractivity contribution >= 4 is 6.29 Å². The lowest BCUT2D eigenvalue weighted by Gasteiger charge is -2.56. The van der Waals surface area contributed by atoms with E-state index in [1.165, 1.54) is 0 Å². The summed E-state index contributed by atoms with van der Waals surface area (Å²) in [7, 11) is 3.21. The normalized spacial score (nSPS) is 28.6. The summed E-state index contributed by atoms with van der Waals surface area (Å²) in [4.78, 5) is 11.4. The third-order valence-corrected chi connectivity index (χ3v) is 6.14. The molecule has 1 aromatic carbocycles. The van der Waals surface area contributed by atoms with Crippen molar-refractivity contribution < 1.29 is 28.5 Å². The number of hydrogen-bond acceptors (Lipinski definition) is 6. The van der Waals surface area contributed by atoms with Crippen LogP contribution in [-0.4, -0.2) is 45.8 Å². The van der Waals surface area contributed by atoms with Crippen LogP contribution >= 0.6 is 0 Å². The van der Waals surface area contributed by atoms with Gasteiger partial charge in [-0.25, -0.2) is 0 Å². The zero-order valence-electron chi connectivity index (χ0n) is 16.9. The van der Waals surface area contributed by atoms with E-state index in [9.17, 15) is 4.79 Å². The molecular weight excluding hydrogens is 348 g/mol. The van der Waals surface area contributed by atoms with Gasteiger partial charge >= 0.3 is 0 Å². The van der Waals surface area contributed by atoms with Gasteiger partial charge in [0.05, 0.1) is 6.10 Å². The molecule has 1 saturated carbocycles. The van der Waals surface area contributed by atoms with Crippen LogP contribution in [-0.2, 0) is 20.6 Å². The van der Waals surface area contributed by atoms with Gasteiger partial charge in [0.15, 0.2) is 18.3 Å². The number of hydrogen-bond donors (Lipinski definition) is 0. The molecule has 6 nitrogen and oxygen atoms in total. The second-order valence-corrected chi connectivity index (χ2v) is 8.27. The molecule has 1 aromatic rings. The first-order valence-corrected chi connectivity index (χ1v) is 9.39. The zero-order valence-corrected chi connectivity index (χ0v) is 16.9. The molecule has 3 atom stereocenters. The molecule has 1 aliphatic carbocycles. The first kappa shape index (κ1) is 20.1. The second kappa shape index (κ2) is 7.78. The number of ether oxygens (including phenoxy) is 5. The van der Waals surface area contributed by atoms with Crippen LogP contribution in [0.2, 0.25) is 0 Å². The fraction of sp³-hybridized carbons (Fsp3) is 0.667. The van der Waals surface area contributed by atoms with Crippen LogP contribution < -0.4 is 9.47 Å². The molecule has 1 heterocycles. The van der Waals surface area contributed by atoms with Crippen molar-refractivity contribution in [3.63, 3.8) is 0 Å². The van der Waals surface area contributed by atoms with Crippen LogP contribution in [0.5, 0.6) is 11.5 Å². The lowest BCUT2D eigenvalue weighted by Crippen LogP contribution is -2.59. The van der Waals surface area contributed by atoms with E-state index in [4.69, 9.17) is 23.7 Å². The molecular formula is C21H30O6. The summed E-state index contributed by atoms with van der Waals surface area (Å²) in [5, 5.41) is 0. The Hall–Kier alpha value is -1.63. The van der Waals surface area contributed by atoms with E-state index in [0.717, 1.165) is 36.9 Å². The second-order valence-electron chi connectivity index (χ2n) is 8.27. The van der Waals surface area contributed by atoms with Crippen molar-refractivity contribution in [3.8, 4) is 11.5 Å². The average molecular weight is 378 g/mol. The largest absolute Gasteiger partial charge is 0.483 e. The topological polar surface area (TPSA) is 63.2 Å². The highest BCUT2D eigenvalue weighted by Gasteiger charge is 2.55. The molecule has 0 saturated heterocycles. The third-order valence-electron chi connectivity index (χ3n) is 6.14. The predicted octanol–water partition coefficient (Wildman–Crippen LogP) is 3.60. The van der Waals surface area contributed by atoms with E-state index in [2.05, 4.69) is 20.8 Å². The molecule has 1 aliphatic heterocycles. The van der Waals surface area contributed by atoms with Crippen molar-refractivity contribution in [2.75, 3.05) is 27.8 Å². The summed E-state index contributed by atoms with van der Waals surface area (Å²) >= 11 is 0. The van der Waals surface area contributed by atoms with E-state index in [-0.39, 0.29) is 29.8 Å². The monoisotopic (exact) mass is 378 g/mol. The Morgan fingerprint density at radius 3 is 2.59 bits per heavy atom. The van der Waals surface area contributed by atoms with Gasteiger partial charge in [0, 0.05) is 25.7 Å². The molecule has 2 aliphatic rings. The van der Waals surface area contributed by atoms with Gasteiger partial charge in [-0.2, -0.15) is 0 Å². The van der Waals surface area contributed by atoms with Crippen LogP contribution in [0.3, 0.4) is 0 Å². The number of carbonyl (C=O) groups is 1. The van der Waals surface area contributed by atoms with Gasteiger partial charge in [0.25, 0.3) is 0 Å². The SMILES string of the molecule is COCOc1cc(C=O)cc2c1O[C@]1(C)CC[C@@H](OCOC)C(C)(C)[C@H]1C2. The van der Waals surface area contributed by atoms with Crippen molar-refractivity contribution in [3.05, 3.63) is 23.3 Å². The molecule has 0 spiro atoms. The van der Waals surface area contributed by atoms with Crippen molar-refractivity contribution in [1.29, 1.82) is 0 Å². The molecule has 0 bridgehead atoms. The van der Waals surface area contributed by atoms with Crippen LogP contribution in [0.25, 0.3) is 0 Å². The van der Waals surface area contributed by atoms with Gasteiger partial charge < -0.3 is 23.7 Å². The van der Waals surface area contributed by atoms with Crippen molar-refractivity contribution in [2.24, 2.45) is 11.3 Å². The number of benzene rings is 1. The number of fused-ring (bicyclic) bond motifs is 2. The highest BCUT2D eigenvalue weighted by Crippen LogP contribution is 2.55. The average Bonchev–Trinajstić information content (AvgIpc) is 2.64. The van der Waals surface area contributed by atoms with Gasteiger partial charge in [-0.15, -0.1) is 0 Å². The molecule has 6 heteroatoms. The zero-order chi connectivity index (χ0) is 19.7. The first-order valence-electron chi connectivity index (χ1n) is 9.39. The number of rotatable bonds is 7. The standard InChI is InChI=1S/C21H30O6/c1-20(2)17-10-15-8-14(11-22)9-16(25-12-23-4)19(15)27-21(17,3)7-6-18(20)26-13-24-5/h8-9,11,17-18H,6-7,10,12-13H2,1-5H3/t17-,18-,21-/m1/s1. The lowest BCUT2D eigenvalue weighted by molar-refractivity contribution is -0.185.